The lowest BCUT2D eigenvalue weighted by molar-refractivity contribution is 0.00365. The molecule has 0 aliphatic carbocycles. The Hall–Kier alpha value is -1.26. The quantitative estimate of drug-likeness (QED) is 0.840. The molecular weight excluding hydrogens is 254 g/mol. The highest BCUT2D eigenvalue weighted by Gasteiger charge is 2.27. The molecule has 0 amide bonds. The van der Waals surface area contributed by atoms with Crippen molar-refractivity contribution in [1.82, 2.24) is 5.32 Å². The van der Waals surface area contributed by atoms with Crippen molar-refractivity contribution >= 4 is 0 Å². The molecule has 4 nitrogen and oxygen atoms in total. The highest BCUT2D eigenvalue weighted by molar-refractivity contribution is 5.45. The minimum absolute atomic E-state index is 0.153. The van der Waals surface area contributed by atoms with Crippen molar-refractivity contribution in [2.75, 3.05) is 13.3 Å². The molecule has 0 radical (unpaired) electrons. The molecule has 112 valence electrons. The monoisotopic (exact) mass is 279 g/mol. The van der Waals surface area contributed by atoms with Crippen LogP contribution in [0.15, 0.2) is 18.2 Å². The largest absolute Gasteiger partial charge is 0.454 e. The van der Waals surface area contributed by atoms with E-state index in [1.807, 2.05) is 25.1 Å². The molecule has 4 heteroatoms. The van der Waals surface area contributed by atoms with Gasteiger partial charge < -0.3 is 19.9 Å². The molecular formula is C16H25NO3. The van der Waals surface area contributed by atoms with E-state index in [0.29, 0.717) is 13.3 Å². The number of aliphatic hydroxyl groups is 1. The molecule has 1 aliphatic rings. The molecule has 0 spiro atoms. The Balaban J connectivity index is 1.97. The van der Waals surface area contributed by atoms with Crippen LogP contribution in [0.1, 0.15) is 45.7 Å². The van der Waals surface area contributed by atoms with Crippen LogP contribution in [0.5, 0.6) is 11.5 Å². The standard InChI is InChI=1S/C16H25NO3/c1-5-11(2)16(4,18)9-17-12(3)13-6-7-14-15(8-13)20-10-19-14/h6-8,11-12,17-18H,5,9-10H2,1-4H3. The van der Waals surface area contributed by atoms with Crippen LogP contribution >= 0.6 is 0 Å². The zero-order chi connectivity index (χ0) is 14.8. The maximum Gasteiger partial charge on any atom is 0.231 e. The van der Waals surface area contributed by atoms with Crippen molar-refractivity contribution in [1.29, 1.82) is 0 Å². The minimum atomic E-state index is -0.695. The lowest BCUT2D eigenvalue weighted by atomic mass is 9.88. The normalized spacial score (nSPS) is 19.4. The molecule has 3 atom stereocenters. The summed E-state index contributed by atoms with van der Waals surface area (Å²) in [5.74, 6) is 1.86. The first-order valence-electron chi connectivity index (χ1n) is 7.29. The topological polar surface area (TPSA) is 50.7 Å². The smallest absolute Gasteiger partial charge is 0.231 e. The molecule has 0 saturated carbocycles. The Morgan fingerprint density at radius 1 is 1.30 bits per heavy atom. The Bertz CT molecular complexity index is 459. The van der Waals surface area contributed by atoms with Crippen LogP contribution in [0.2, 0.25) is 0 Å². The summed E-state index contributed by atoms with van der Waals surface area (Å²) in [6.07, 6.45) is 0.965. The van der Waals surface area contributed by atoms with E-state index in [0.717, 1.165) is 23.5 Å². The molecule has 20 heavy (non-hydrogen) atoms. The first-order valence-corrected chi connectivity index (χ1v) is 7.29. The van der Waals surface area contributed by atoms with Crippen LogP contribution in [-0.4, -0.2) is 24.0 Å². The van der Waals surface area contributed by atoms with Crippen LogP contribution < -0.4 is 14.8 Å². The second-order valence-electron chi connectivity index (χ2n) is 5.88. The van der Waals surface area contributed by atoms with Crippen LogP contribution in [0.3, 0.4) is 0 Å². The fourth-order valence-corrected chi connectivity index (χ4v) is 2.27. The van der Waals surface area contributed by atoms with Gasteiger partial charge in [-0.25, -0.2) is 0 Å². The fraction of sp³-hybridized carbons (Fsp3) is 0.625. The first-order chi connectivity index (χ1) is 9.44. The van der Waals surface area contributed by atoms with E-state index in [4.69, 9.17) is 9.47 Å². The molecule has 0 bridgehead atoms. The Kier molecular flexibility index (Phi) is 4.55. The summed E-state index contributed by atoms with van der Waals surface area (Å²) in [5, 5.41) is 13.8. The van der Waals surface area contributed by atoms with Crippen molar-refractivity contribution in [3.05, 3.63) is 23.8 Å². The van der Waals surface area contributed by atoms with Gasteiger partial charge in [-0.15, -0.1) is 0 Å². The summed E-state index contributed by atoms with van der Waals surface area (Å²) in [6.45, 7) is 9.01. The van der Waals surface area contributed by atoms with Gasteiger partial charge in [-0.3, -0.25) is 0 Å². The third-order valence-corrected chi connectivity index (χ3v) is 4.34. The first kappa shape index (κ1) is 15.1. The lowest BCUT2D eigenvalue weighted by Crippen LogP contribution is -2.43. The lowest BCUT2D eigenvalue weighted by Gasteiger charge is -2.31. The van der Waals surface area contributed by atoms with E-state index in [-0.39, 0.29) is 12.0 Å². The van der Waals surface area contributed by atoms with Gasteiger partial charge in [0.1, 0.15) is 0 Å². The number of hydrogen-bond donors (Lipinski definition) is 2. The summed E-state index contributed by atoms with van der Waals surface area (Å²) in [4.78, 5) is 0. The molecule has 1 aromatic rings. The average molecular weight is 279 g/mol. The van der Waals surface area contributed by atoms with Gasteiger partial charge in [-0.2, -0.15) is 0 Å². The van der Waals surface area contributed by atoms with E-state index in [1.165, 1.54) is 0 Å². The molecule has 3 unspecified atom stereocenters. The van der Waals surface area contributed by atoms with Crippen molar-refractivity contribution in [3.63, 3.8) is 0 Å². The van der Waals surface area contributed by atoms with Crippen molar-refractivity contribution in [2.45, 2.75) is 45.8 Å². The molecule has 0 aromatic heterocycles. The molecule has 0 fully saturated rings. The molecule has 2 N–H and O–H groups in total. The highest BCUT2D eigenvalue weighted by atomic mass is 16.7. The van der Waals surface area contributed by atoms with E-state index < -0.39 is 5.60 Å². The second-order valence-corrected chi connectivity index (χ2v) is 5.88. The molecule has 1 aromatic carbocycles. The van der Waals surface area contributed by atoms with Crippen LogP contribution in [0.25, 0.3) is 0 Å². The zero-order valence-electron chi connectivity index (χ0n) is 12.8. The van der Waals surface area contributed by atoms with Crippen LogP contribution in [-0.2, 0) is 0 Å². The van der Waals surface area contributed by atoms with E-state index in [2.05, 4.69) is 26.1 Å². The predicted octanol–water partition coefficient (Wildman–Crippen LogP) is 2.86. The van der Waals surface area contributed by atoms with Gasteiger partial charge in [0, 0.05) is 12.6 Å². The molecule has 1 aliphatic heterocycles. The third-order valence-electron chi connectivity index (χ3n) is 4.34. The SMILES string of the molecule is CCC(C)C(C)(O)CNC(C)c1ccc2c(c1)OCO2. The van der Waals surface area contributed by atoms with Gasteiger partial charge in [-0.05, 0) is 37.5 Å². The number of nitrogens with one attached hydrogen (secondary N) is 1. The summed E-state index contributed by atoms with van der Waals surface area (Å²) in [6, 6.07) is 6.11. The number of hydrogen-bond acceptors (Lipinski definition) is 4. The molecule has 2 rings (SSSR count). The molecule has 0 saturated heterocycles. The van der Waals surface area contributed by atoms with Gasteiger partial charge in [0.05, 0.1) is 5.60 Å². The fourth-order valence-electron chi connectivity index (χ4n) is 2.27. The highest BCUT2D eigenvalue weighted by Crippen LogP contribution is 2.34. The number of fused-ring (bicyclic) bond motifs is 1. The second kappa shape index (κ2) is 6.02. The van der Waals surface area contributed by atoms with Crippen molar-refractivity contribution in [2.24, 2.45) is 5.92 Å². The maximum atomic E-state index is 10.4. The van der Waals surface area contributed by atoms with E-state index >= 15 is 0 Å². The average Bonchev–Trinajstić information content (AvgIpc) is 2.91. The Morgan fingerprint density at radius 3 is 2.70 bits per heavy atom. The summed E-state index contributed by atoms with van der Waals surface area (Å²) >= 11 is 0. The van der Waals surface area contributed by atoms with Gasteiger partial charge in [0.2, 0.25) is 6.79 Å². The summed E-state index contributed by atoms with van der Waals surface area (Å²) in [5.41, 5.74) is 0.438. The number of rotatable bonds is 6. The number of ether oxygens (including phenoxy) is 2. The third kappa shape index (κ3) is 3.25. The Morgan fingerprint density at radius 2 is 2.00 bits per heavy atom. The van der Waals surface area contributed by atoms with Crippen molar-refractivity contribution < 1.29 is 14.6 Å². The summed E-state index contributed by atoms with van der Waals surface area (Å²) in [7, 11) is 0. The summed E-state index contributed by atoms with van der Waals surface area (Å²) < 4.78 is 10.7. The van der Waals surface area contributed by atoms with Crippen LogP contribution in [0.4, 0.5) is 0 Å². The number of benzene rings is 1. The zero-order valence-corrected chi connectivity index (χ0v) is 12.8. The predicted molar refractivity (Wildman–Crippen MR) is 79.1 cm³/mol. The van der Waals surface area contributed by atoms with Gasteiger partial charge in [-0.1, -0.05) is 26.3 Å². The van der Waals surface area contributed by atoms with Crippen LogP contribution in [0, 0.1) is 5.92 Å². The minimum Gasteiger partial charge on any atom is -0.454 e. The van der Waals surface area contributed by atoms with Gasteiger partial charge >= 0.3 is 0 Å². The van der Waals surface area contributed by atoms with E-state index in [9.17, 15) is 5.11 Å². The van der Waals surface area contributed by atoms with Gasteiger partial charge in [0.15, 0.2) is 11.5 Å². The van der Waals surface area contributed by atoms with E-state index in [1.54, 1.807) is 0 Å². The Labute approximate surface area is 121 Å². The van der Waals surface area contributed by atoms with Gasteiger partial charge in [0.25, 0.3) is 0 Å². The maximum absolute atomic E-state index is 10.4. The molecule has 1 heterocycles. The van der Waals surface area contributed by atoms with Crippen molar-refractivity contribution in [3.8, 4) is 11.5 Å².